The third kappa shape index (κ3) is 11.4. The van der Waals surface area contributed by atoms with Crippen LogP contribution in [0.25, 0.3) is 0 Å². The topological polar surface area (TPSA) is 294 Å². The lowest BCUT2D eigenvalue weighted by Gasteiger charge is -2.26. The summed E-state index contributed by atoms with van der Waals surface area (Å²) in [6.07, 6.45) is -3.95. The molecule has 5 atom stereocenters. The Morgan fingerprint density at radius 1 is 0.788 bits per heavy atom. The van der Waals surface area contributed by atoms with Crippen LogP contribution in [0.5, 0.6) is 0 Å². The molecule has 0 bridgehead atoms. The Hall–Kier alpha value is -3.79. The molecule has 0 aromatic heterocycles. The lowest BCUT2D eigenvalue weighted by atomic mass is 10.1. The SMILES string of the molecule is CC(O)C(NC(=O)C(CC(N)=O)NC(=O)C(N)CC(N)=O)C(=O)NC(CCC(=O)O)C(=O)O. The highest BCUT2D eigenvalue weighted by Gasteiger charge is 2.33. The highest BCUT2D eigenvalue weighted by atomic mass is 16.4. The molecule has 0 rings (SSSR count). The summed E-state index contributed by atoms with van der Waals surface area (Å²) >= 11 is 0. The van der Waals surface area contributed by atoms with E-state index in [0.717, 1.165) is 6.92 Å². The van der Waals surface area contributed by atoms with Gasteiger partial charge in [-0.2, -0.15) is 0 Å². The molecule has 12 N–H and O–H groups in total. The smallest absolute Gasteiger partial charge is 0.326 e. The summed E-state index contributed by atoms with van der Waals surface area (Å²) in [5, 5.41) is 33.8. The van der Waals surface area contributed by atoms with Crippen molar-refractivity contribution < 1.29 is 48.9 Å². The van der Waals surface area contributed by atoms with Crippen LogP contribution < -0.4 is 33.2 Å². The van der Waals surface area contributed by atoms with E-state index in [1.807, 2.05) is 5.32 Å². The fourth-order valence-electron chi connectivity index (χ4n) is 2.44. The molecule has 0 aliphatic heterocycles. The van der Waals surface area contributed by atoms with Gasteiger partial charge in [0.1, 0.15) is 18.1 Å². The minimum absolute atomic E-state index is 0.477. The molecule has 0 aliphatic carbocycles. The van der Waals surface area contributed by atoms with Crippen molar-refractivity contribution in [2.75, 3.05) is 0 Å². The molecule has 5 amide bonds. The summed E-state index contributed by atoms with van der Waals surface area (Å²) in [5.74, 6) is -8.17. The van der Waals surface area contributed by atoms with Gasteiger partial charge in [-0.05, 0) is 13.3 Å². The van der Waals surface area contributed by atoms with Crippen LogP contribution in [0.15, 0.2) is 0 Å². The van der Waals surface area contributed by atoms with E-state index in [2.05, 4.69) is 10.6 Å². The van der Waals surface area contributed by atoms with E-state index in [4.69, 9.17) is 27.4 Å². The molecular formula is C17H28N6O10. The number of hydrogen-bond acceptors (Lipinski definition) is 9. The van der Waals surface area contributed by atoms with Crippen LogP contribution in [-0.4, -0.2) is 87.1 Å². The molecule has 0 heterocycles. The number of amides is 5. The monoisotopic (exact) mass is 476 g/mol. The van der Waals surface area contributed by atoms with Crippen molar-refractivity contribution in [2.24, 2.45) is 17.2 Å². The first kappa shape index (κ1) is 29.2. The molecule has 186 valence electrons. The predicted octanol–water partition coefficient (Wildman–Crippen LogP) is -5.15. The fourth-order valence-corrected chi connectivity index (χ4v) is 2.44. The van der Waals surface area contributed by atoms with E-state index in [1.165, 1.54) is 0 Å². The van der Waals surface area contributed by atoms with Gasteiger partial charge >= 0.3 is 11.9 Å². The van der Waals surface area contributed by atoms with Crippen LogP contribution in [0.3, 0.4) is 0 Å². The molecule has 5 unspecified atom stereocenters. The van der Waals surface area contributed by atoms with Gasteiger partial charge in [-0.1, -0.05) is 0 Å². The maximum Gasteiger partial charge on any atom is 0.326 e. The maximum absolute atomic E-state index is 12.6. The molecule has 0 saturated carbocycles. The second-order valence-electron chi connectivity index (χ2n) is 7.07. The number of carboxylic acids is 2. The van der Waals surface area contributed by atoms with Gasteiger partial charge < -0.3 is 48.5 Å². The van der Waals surface area contributed by atoms with Gasteiger partial charge in [0.25, 0.3) is 0 Å². The fraction of sp³-hybridized carbons (Fsp3) is 0.588. The zero-order chi connectivity index (χ0) is 25.9. The van der Waals surface area contributed by atoms with E-state index in [9.17, 15) is 38.7 Å². The second kappa shape index (κ2) is 13.6. The standard InChI is InChI=1S/C17H28N6O10/c1-6(24)13(16(31)21-8(17(32)33)2-3-12(27)28)23-15(30)9(5-11(20)26)22-14(29)7(18)4-10(19)25/h6-9,13,24H,2-5,18H2,1H3,(H2,19,25)(H2,20,26)(H,21,31)(H,22,29)(H,23,30)(H,27,28)(H,32,33). The normalized spacial score (nSPS) is 15.1. The molecule has 0 aromatic carbocycles. The Labute approximate surface area is 187 Å². The molecule has 16 nitrogen and oxygen atoms in total. The number of nitrogens with one attached hydrogen (secondary N) is 3. The minimum Gasteiger partial charge on any atom is -0.481 e. The Morgan fingerprint density at radius 2 is 1.30 bits per heavy atom. The summed E-state index contributed by atoms with van der Waals surface area (Å²) in [6, 6.07) is -6.51. The number of rotatable bonds is 15. The van der Waals surface area contributed by atoms with Crippen LogP contribution in [-0.2, 0) is 33.6 Å². The van der Waals surface area contributed by atoms with Crippen molar-refractivity contribution in [3.63, 3.8) is 0 Å². The van der Waals surface area contributed by atoms with Gasteiger partial charge in [0.15, 0.2) is 0 Å². The maximum atomic E-state index is 12.6. The summed E-state index contributed by atoms with van der Waals surface area (Å²) in [7, 11) is 0. The van der Waals surface area contributed by atoms with Crippen molar-refractivity contribution in [3.05, 3.63) is 0 Å². The van der Waals surface area contributed by atoms with Crippen LogP contribution in [0.1, 0.15) is 32.6 Å². The number of aliphatic hydroxyl groups is 1. The number of hydrogen-bond donors (Lipinski definition) is 9. The van der Waals surface area contributed by atoms with E-state index >= 15 is 0 Å². The number of aliphatic hydroxyl groups excluding tert-OH is 1. The molecule has 0 aliphatic rings. The van der Waals surface area contributed by atoms with Gasteiger partial charge in [0.05, 0.1) is 25.0 Å². The molecule has 0 fully saturated rings. The zero-order valence-electron chi connectivity index (χ0n) is 17.6. The van der Waals surface area contributed by atoms with Crippen LogP contribution >= 0.6 is 0 Å². The number of aliphatic carboxylic acids is 2. The molecular weight excluding hydrogens is 448 g/mol. The van der Waals surface area contributed by atoms with Gasteiger partial charge in [-0.3, -0.25) is 28.8 Å². The number of nitrogens with two attached hydrogens (primary N) is 3. The first-order chi connectivity index (χ1) is 15.1. The molecule has 0 spiro atoms. The molecule has 33 heavy (non-hydrogen) atoms. The summed E-state index contributed by atoms with van der Waals surface area (Å²) in [4.78, 5) is 81.1. The summed E-state index contributed by atoms with van der Waals surface area (Å²) < 4.78 is 0. The van der Waals surface area contributed by atoms with Gasteiger partial charge in [0, 0.05) is 6.42 Å². The molecule has 16 heteroatoms. The van der Waals surface area contributed by atoms with E-state index in [-0.39, 0.29) is 0 Å². The number of carbonyl (C=O) groups excluding carboxylic acids is 5. The average Bonchev–Trinajstić information content (AvgIpc) is 2.66. The van der Waals surface area contributed by atoms with E-state index < -0.39 is 97.4 Å². The van der Waals surface area contributed by atoms with E-state index in [0.29, 0.717) is 0 Å². The first-order valence-electron chi connectivity index (χ1n) is 9.51. The molecule has 0 aromatic rings. The number of carboxylic acid groups (broad SMARTS) is 2. The van der Waals surface area contributed by atoms with Gasteiger partial charge in [-0.25, -0.2) is 4.79 Å². The highest BCUT2D eigenvalue weighted by Crippen LogP contribution is 2.03. The van der Waals surface area contributed by atoms with Crippen molar-refractivity contribution in [2.45, 2.75) is 62.9 Å². The number of primary amides is 2. The summed E-state index contributed by atoms with van der Waals surface area (Å²) in [5.41, 5.74) is 15.5. The molecule has 0 saturated heterocycles. The summed E-state index contributed by atoms with van der Waals surface area (Å²) in [6.45, 7) is 1.09. The van der Waals surface area contributed by atoms with Gasteiger partial charge in [0.2, 0.25) is 29.5 Å². The Bertz CT molecular complexity index is 786. The largest absolute Gasteiger partial charge is 0.481 e. The quantitative estimate of drug-likeness (QED) is 0.108. The van der Waals surface area contributed by atoms with Crippen molar-refractivity contribution >= 4 is 41.5 Å². The van der Waals surface area contributed by atoms with Crippen molar-refractivity contribution in [1.82, 2.24) is 16.0 Å². The lowest BCUT2D eigenvalue weighted by molar-refractivity contribution is -0.144. The molecule has 0 radical (unpaired) electrons. The number of carbonyl (C=O) groups is 7. The first-order valence-corrected chi connectivity index (χ1v) is 9.51. The lowest BCUT2D eigenvalue weighted by Crippen LogP contribution is -2.60. The Balaban J connectivity index is 5.45. The van der Waals surface area contributed by atoms with Crippen molar-refractivity contribution in [1.29, 1.82) is 0 Å². The van der Waals surface area contributed by atoms with Crippen LogP contribution in [0.2, 0.25) is 0 Å². The average molecular weight is 476 g/mol. The third-order valence-corrected chi connectivity index (χ3v) is 4.12. The third-order valence-electron chi connectivity index (χ3n) is 4.12. The van der Waals surface area contributed by atoms with Crippen molar-refractivity contribution in [3.8, 4) is 0 Å². The van der Waals surface area contributed by atoms with E-state index in [1.54, 1.807) is 0 Å². The highest BCUT2D eigenvalue weighted by molar-refractivity contribution is 5.97. The minimum atomic E-state index is -1.75. The Morgan fingerprint density at radius 3 is 1.73 bits per heavy atom. The predicted molar refractivity (Wildman–Crippen MR) is 108 cm³/mol. The van der Waals surface area contributed by atoms with Crippen LogP contribution in [0.4, 0.5) is 0 Å². The van der Waals surface area contributed by atoms with Gasteiger partial charge in [-0.15, -0.1) is 0 Å². The zero-order valence-corrected chi connectivity index (χ0v) is 17.6. The Kier molecular flexibility index (Phi) is 12.0. The second-order valence-corrected chi connectivity index (χ2v) is 7.07. The van der Waals surface area contributed by atoms with Crippen LogP contribution in [0, 0.1) is 0 Å².